The number of rotatable bonds is 5. The molecule has 1 aliphatic heterocycles. The molecule has 0 bridgehead atoms. The number of aromatic nitrogens is 1. The molecule has 0 radical (unpaired) electrons. The highest BCUT2D eigenvalue weighted by Crippen LogP contribution is 2.26. The second-order valence-electron chi connectivity index (χ2n) is 5.40. The normalized spacial score (nSPS) is 14.9. The van der Waals surface area contributed by atoms with E-state index in [-0.39, 0.29) is 6.04 Å². The molecule has 2 aromatic rings. The largest absolute Gasteiger partial charge is 0.493 e. The SMILES string of the molecule is Cc1nc(CC(N)CCc2ccc3c(c2)CCO3)cs1. The molecule has 2 heterocycles. The highest BCUT2D eigenvalue weighted by molar-refractivity contribution is 7.09. The first-order valence-corrected chi connectivity index (χ1v) is 8.00. The average molecular weight is 288 g/mol. The molecule has 1 aromatic carbocycles. The minimum absolute atomic E-state index is 0.181. The lowest BCUT2D eigenvalue weighted by molar-refractivity contribution is 0.357. The molecule has 1 aromatic heterocycles. The molecule has 0 saturated heterocycles. The Morgan fingerprint density at radius 1 is 1.45 bits per heavy atom. The maximum atomic E-state index is 6.22. The van der Waals surface area contributed by atoms with Crippen molar-refractivity contribution in [3.63, 3.8) is 0 Å². The van der Waals surface area contributed by atoms with Gasteiger partial charge in [0.1, 0.15) is 5.75 Å². The monoisotopic (exact) mass is 288 g/mol. The van der Waals surface area contributed by atoms with Gasteiger partial charge in [0.15, 0.2) is 0 Å². The minimum Gasteiger partial charge on any atom is -0.493 e. The summed E-state index contributed by atoms with van der Waals surface area (Å²) < 4.78 is 5.53. The van der Waals surface area contributed by atoms with Crippen LogP contribution in [-0.4, -0.2) is 17.6 Å². The van der Waals surface area contributed by atoms with Crippen molar-refractivity contribution in [1.29, 1.82) is 0 Å². The van der Waals surface area contributed by atoms with Gasteiger partial charge in [-0.3, -0.25) is 0 Å². The molecule has 3 rings (SSSR count). The van der Waals surface area contributed by atoms with Gasteiger partial charge < -0.3 is 10.5 Å². The Morgan fingerprint density at radius 2 is 2.35 bits per heavy atom. The van der Waals surface area contributed by atoms with Gasteiger partial charge in [-0.25, -0.2) is 4.98 Å². The van der Waals surface area contributed by atoms with Crippen molar-refractivity contribution >= 4 is 11.3 Å². The van der Waals surface area contributed by atoms with Crippen LogP contribution in [0.3, 0.4) is 0 Å². The number of aryl methyl sites for hydroxylation is 2. The Morgan fingerprint density at radius 3 is 3.15 bits per heavy atom. The van der Waals surface area contributed by atoms with Gasteiger partial charge in [-0.15, -0.1) is 11.3 Å². The third kappa shape index (κ3) is 3.19. The summed E-state index contributed by atoms with van der Waals surface area (Å²) in [5, 5.41) is 3.23. The Bertz CT molecular complexity index is 594. The number of nitrogens with zero attached hydrogens (tertiary/aromatic N) is 1. The van der Waals surface area contributed by atoms with Crippen molar-refractivity contribution < 1.29 is 4.74 Å². The molecule has 1 unspecified atom stereocenters. The van der Waals surface area contributed by atoms with Crippen LogP contribution in [0.4, 0.5) is 0 Å². The lowest BCUT2D eigenvalue weighted by atomic mass is 10.0. The topological polar surface area (TPSA) is 48.1 Å². The molecular weight excluding hydrogens is 268 g/mol. The molecule has 0 aliphatic carbocycles. The third-order valence-electron chi connectivity index (χ3n) is 3.70. The fourth-order valence-electron chi connectivity index (χ4n) is 2.62. The fourth-order valence-corrected chi connectivity index (χ4v) is 3.25. The second kappa shape index (κ2) is 5.94. The number of nitrogens with two attached hydrogens (primary N) is 1. The zero-order valence-corrected chi connectivity index (χ0v) is 12.6. The van der Waals surface area contributed by atoms with Crippen LogP contribution in [0.1, 0.15) is 28.2 Å². The first-order chi connectivity index (χ1) is 9.70. The summed E-state index contributed by atoms with van der Waals surface area (Å²) in [5.74, 6) is 1.05. The number of benzene rings is 1. The number of hydrogen-bond donors (Lipinski definition) is 1. The van der Waals surface area contributed by atoms with E-state index in [4.69, 9.17) is 10.5 Å². The minimum atomic E-state index is 0.181. The van der Waals surface area contributed by atoms with E-state index in [0.29, 0.717) is 0 Å². The fraction of sp³-hybridized carbons (Fsp3) is 0.438. The van der Waals surface area contributed by atoms with Crippen molar-refractivity contribution in [1.82, 2.24) is 4.98 Å². The van der Waals surface area contributed by atoms with Crippen molar-refractivity contribution in [3.8, 4) is 5.75 Å². The van der Waals surface area contributed by atoms with Gasteiger partial charge in [0.05, 0.1) is 17.3 Å². The molecule has 0 saturated carbocycles. The molecular formula is C16H20N2OS. The maximum absolute atomic E-state index is 6.22. The maximum Gasteiger partial charge on any atom is 0.122 e. The van der Waals surface area contributed by atoms with E-state index in [9.17, 15) is 0 Å². The molecule has 20 heavy (non-hydrogen) atoms. The molecule has 106 valence electrons. The molecule has 2 N–H and O–H groups in total. The van der Waals surface area contributed by atoms with Crippen molar-refractivity contribution in [2.24, 2.45) is 5.73 Å². The van der Waals surface area contributed by atoms with Crippen LogP contribution in [-0.2, 0) is 19.3 Å². The Kier molecular flexibility index (Phi) is 4.03. The summed E-state index contributed by atoms with van der Waals surface area (Å²) >= 11 is 1.69. The van der Waals surface area contributed by atoms with Crippen molar-refractivity contribution in [2.45, 2.75) is 38.6 Å². The summed E-state index contributed by atoms with van der Waals surface area (Å²) in [6, 6.07) is 6.69. The van der Waals surface area contributed by atoms with E-state index in [1.165, 1.54) is 11.1 Å². The van der Waals surface area contributed by atoms with Crippen LogP contribution in [0.2, 0.25) is 0 Å². The van der Waals surface area contributed by atoms with Crippen LogP contribution in [0.25, 0.3) is 0 Å². The van der Waals surface area contributed by atoms with Gasteiger partial charge in [0, 0.05) is 24.3 Å². The number of ether oxygens (including phenoxy) is 1. The lowest BCUT2D eigenvalue weighted by Gasteiger charge is -2.10. The van der Waals surface area contributed by atoms with E-state index in [1.54, 1.807) is 11.3 Å². The van der Waals surface area contributed by atoms with Gasteiger partial charge in [-0.2, -0.15) is 0 Å². The molecule has 0 amide bonds. The first kappa shape index (κ1) is 13.6. The van der Waals surface area contributed by atoms with E-state index < -0.39 is 0 Å². The standard InChI is InChI=1S/C16H20N2OS/c1-11-18-15(10-20-11)9-14(17)4-2-12-3-5-16-13(8-12)6-7-19-16/h3,5,8,10,14H,2,4,6-7,9,17H2,1H3. The van der Waals surface area contributed by atoms with Crippen LogP contribution < -0.4 is 10.5 Å². The first-order valence-electron chi connectivity index (χ1n) is 7.12. The Labute approximate surface area is 123 Å². The van der Waals surface area contributed by atoms with Crippen LogP contribution >= 0.6 is 11.3 Å². The van der Waals surface area contributed by atoms with Crippen LogP contribution in [0.15, 0.2) is 23.6 Å². The molecule has 0 spiro atoms. The van der Waals surface area contributed by atoms with Gasteiger partial charge in [-0.05, 0) is 37.0 Å². The van der Waals surface area contributed by atoms with E-state index in [2.05, 4.69) is 28.6 Å². The number of hydrogen-bond acceptors (Lipinski definition) is 4. The van der Waals surface area contributed by atoms with Gasteiger partial charge in [0.25, 0.3) is 0 Å². The zero-order valence-electron chi connectivity index (χ0n) is 11.8. The summed E-state index contributed by atoms with van der Waals surface area (Å²) in [4.78, 5) is 4.47. The highest BCUT2D eigenvalue weighted by Gasteiger charge is 2.13. The van der Waals surface area contributed by atoms with E-state index >= 15 is 0 Å². The van der Waals surface area contributed by atoms with Gasteiger partial charge >= 0.3 is 0 Å². The average Bonchev–Trinajstić information content (AvgIpc) is 3.04. The summed E-state index contributed by atoms with van der Waals surface area (Å²) in [6.45, 7) is 2.85. The predicted octanol–water partition coefficient (Wildman–Crippen LogP) is 2.89. The Hall–Kier alpha value is -1.39. The summed E-state index contributed by atoms with van der Waals surface area (Å²) in [6.07, 6.45) is 3.93. The quantitative estimate of drug-likeness (QED) is 0.920. The Balaban J connectivity index is 1.53. The van der Waals surface area contributed by atoms with Crippen molar-refractivity contribution in [3.05, 3.63) is 45.4 Å². The summed E-state index contributed by atoms with van der Waals surface area (Å²) in [5.41, 5.74) is 10.0. The summed E-state index contributed by atoms with van der Waals surface area (Å²) in [7, 11) is 0. The van der Waals surface area contributed by atoms with E-state index in [0.717, 1.165) is 48.7 Å². The molecule has 1 aliphatic rings. The zero-order chi connectivity index (χ0) is 13.9. The molecule has 4 heteroatoms. The number of fused-ring (bicyclic) bond motifs is 1. The van der Waals surface area contributed by atoms with Gasteiger partial charge in [0.2, 0.25) is 0 Å². The third-order valence-corrected chi connectivity index (χ3v) is 4.52. The predicted molar refractivity (Wildman–Crippen MR) is 82.5 cm³/mol. The second-order valence-corrected chi connectivity index (χ2v) is 6.46. The highest BCUT2D eigenvalue weighted by atomic mass is 32.1. The molecule has 3 nitrogen and oxygen atoms in total. The number of thiazole rings is 1. The molecule has 1 atom stereocenters. The van der Waals surface area contributed by atoms with Crippen molar-refractivity contribution in [2.75, 3.05) is 6.61 Å². The smallest absolute Gasteiger partial charge is 0.122 e. The molecule has 0 fully saturated rings. The van der Waals surface area contributed by atoms with Crippen LogP contribution in [0, 0.1) is 6.92 Å². The van der Waals surface area contributed by atoms with Gasteiger partial charge in [-0.1, -0.05) is 12.1 Å². The van der Waals surface area contributed by atoms with E-state index in [1.807, 2.05) is 6.92 Å². The lowest BCUT2D eigenvalue weighted by Crippen LogP contribution is -2.23. The van der Waals surface area contributed by atoms with Crippen LogP contribution in [0.5, 0.6) is 5.75 Å².